The van der Waals surface area contributed by atoms with E-state index in [1.165, 1.54) is 0 Å². The molecule has 1 N–H and O–H groups in total. The summed E-state index contributed by atoms with van der Waals surface area (Å²) in [5.41, 5.74) is 3.89. The number of carbonyl (C=O) groups excluding carboxylic acids is 2. The molecule has 4 rings (SSSR count). The number of carbonyl (C=O) groups is 2. The van der Waals surface area contributed by atoms with Crippen molar-refractivity contribution in [3.8, 4) is 5.75 Å². The Bertz CT molecular complexity index is 1200. The zero-order valence-electron chi connectivity index (χ0n) is 18.6. The molecule has 0 fully saturated rings. The van der Waals surface area contributed by atoms with Crippen molar-refractivity contribution >= 4 is 29.4 Å². The number of amidine groups is 1. The molecule has 0 saturated heterocycles. The summed E-state index contributed by atoms with van der Waals surface area (Å²) >= 11 is 0. The predicted molar refractivity (Wildman–Crippen MR) is 130 cm³/mol. The predicted octanol–water partition coefficient (Wildman–Crippen LogP) is 4.36. The topological polar surface area (TPSA) is 71.0 Å². The first-order valence-corrected chi connectivity index (χ1v) is 10.7. The van der Waals surface area contributed by atoms with Gasteiger partial charge in [0.2, 0.25) is 5.91 Å². The van der Waals surface area contributed by atoms with Crippen LogP contribution in [0.1, 0.15) is 23.6 Å². The number of nitrogens with zero attached hydrogens (tertiary/aromatic N) is 2. The minimum Gasteiger partial charge on any atom is -0.497 e. The third kappa shape index (κ3) is 5.36. The lowest BCUT2D eigenvalue weighted by Gasteiger charge is -2.16. The fraction of sp³-hybridized carbons (Fsp3) is 0.148. The molecule has 1 aliphatic heterocycles. The number of amides is 2. The summed E-state index contributed by atoms with van der Waals surface area (Å²) in [6.07, 6.45) is 2.04. The van der Waals surface area contributed by atoms with Crippen LogP contribution in [0.2, 0.25) is 0 Å². The first-order valence-electron chi connectivity index (χ1n) is 10.7. The lowest BCUT2D eigenvalue weighted by atomic mass is 10.1. The Labute approximate surface area is 193 Å². The maximum absolute atomic E-state index is 13.0. The summed E-state index contributed by atoms with van der Waals surface area (Å²) < 4.78 is 5.17. The van der Waals surface area contributed by atoms with Gasteiger partial charge in [-0.1, -0.05) is 54.6 Å². The monoisotopic (exact) mass is 439 g/mol. The Morgan fingerprint density at radius 3 is 2.33 bits per heavy atom. The molecule has 3 aromatic carbocycles. The van der Waals surface area contributed by atoms with Gasteiger partial charge in [-0.2, -0.15) is 0 Å². The molecule has 0 unspecified atom stereocenters. The van der Waals surface area contributed by atoms with Gasteiger partial charge in [0.05, 0.1) is 19.2 Å². The number of nitrogens with one attached hydrogen (secondary N) is 1. The molecule has 0 saturated carbocycles. The van der Waals surface area contributed by atoms with Gasteiger partial charge in [0.25, 0.3) is 5.91 Å². The second-order valence-corrected chi connectivity index (χ2v) is 7.71. The first kappa shape index (κ1) is 22.0. The molecule has 33 heavy (non-hydrogen) atoms. The molecule has 0 bridgehead atoms. The maximum atomic E-state index is 13.0. The highest BCUT2D eigenvalue weighted by atomic mass is 16.5. The lowest BCUT2D eigenvalue weighted by molar-refractivity contribution is -0.120. The second-order valence-electron chi connectivity index (χ2n) is 7.71. The van der Waals surface area contributed by atoms with Crippen molar-refractivity contribution in [3.05, 3.63) is 101 Å². The van der Waals surface area contributed by atoms with Gasteiger partial charge in [-0.25, -0.2) is 4.99 Å². The van der Waals surface area contributed by atoms with Crippen LogP contribution in [0.3, 0.4) is 0 Å². The standard InChI is InChI=1S/C27H25N3O3/c1-19-29-25(16-20-10-14-24(33-2)15-11-20)27(32)30(19)23-12-8-21(9-13-23)17-26(31)28-18-22-6-4-3-5-7-22/h3-16H,17-18H2,1-2H3,(H,28,31)/b25-16-. The van der Waals surface area contributed by atoms with Crippen LogP contribution in [0.25, 0.3) is 6.08 Å². The molecule has 1 heterocycles. The maximum Gasteiger partial charge on any atom is 0.282 e. The average molecular weight is 440 g/mol. The summed E-state index contributed by atoms with van der Waals surface area (Å²) in [5.74, 6) is 1.13. The Morgan fingerprint density at radius 2 is 1.67 bits per heavy atom. The summed E-state index contributed by atoms with van der Waals surface area (Å²) in [7, 11) is 1.61. The number of hydrogen-bond donors (Lipinski definition) is 1. The first-order chi connectivity index (χ1) is 16.0. The number of rotatable bonds is 7. The van der Waals surface area contributed by atoms with Gasteiger partial charge < -0.3 is 10.1 Å². The van der Waals surface area contributed by atoms with Gasteiger partial charge in [0.1, 0.15) is 17.3 Å². The van der Waals surface area contributed by atoms with Gasteiger partial charge >= 0.3 is 0 Å². The molecular weight excluding hydrogens is 414 g/mol. The second kappa shape index (κ2) is 9.96. The van der Waals surface area contributed by atoms with Crippen molar-refractivity contribution < 1.29 is 14.3 Å². The summed E-state index contributed by atoms with van der Waals surface area (Å²) in [4.78, 5) is 31.3. The van der Waals surface area contributed by atoms with Gasteiger partial charge in [-0.05, 0) is 54.0 Å². The van der Waals surface area contributed by atoms with Gasteiger partial charge in [-0.15, -0.1) is 0 Å². The van der Waals surface area contributed by atoms with E-state index in [-0.39, 0.29) is 18.2 Å². The lowest BCUT2D eigenvalue weighted by Crippen LogP contribution is -2.30. The average Bonchev–Trinajstić information content (AvgIpc) is 3.12. The van der Waals surface area contributed by atoms with Crippen molar-refractivity contribution in [2.75, 3.05) is 12.0 Å². The quantitative estimate of drug-likeness (QED) is 0.556. The van der Waals surface area contributed by atoms with E-state index < -0.39 is 0 Å². The molecule has 0 atom stereocenters. The van der Waals surface area contributed by atoms with E-state index in [1.807, 2.05) is 78.9 Å². The minimum atomic E-state index is -0.184. The Morgan fingerprint density at radius 1 is 0.970 bits per heavy atom. The number of hydrogen-bond acceptors (Lipinski definition) is 4. The van der Waals surface area contributed by atoms with E-state index in [4.69, 9.17) is 4.74 Å². The molecular formula is C27H25N3O3. The van der Waals surface area contributed by atoms with Crippen LogP contribution in [0.4, 0.5) is 5.69 Å². The third-order valence-corrected chi connectivity index (χ3v) is 5.34. The van der Waals surface area contributed by atoms with Crippen molar-refractivity contribution in [3.63, 3.8) is 0 Å². The van der Waals surface area contributed by atoms with Crippen LogP contribution in [-0.4, -0.2) is 24.8 Å². The van der Waals surface area contributed by atoms with E-state index in [9.17, 15) is 9.59 Å². The molecule has 0 aromatic heterocycles. The summed E-state index contributed by atoms with van der Waals surface area (Å²) in [6, 6.07) is 24.6. The zero-order chi connectivity index (χ0) is 23.2. The van der Waals surface area contributed by atoms with Crippen LogP contribution in [0, 0.1) is 0 Å². The molecule has 0 radical (unpaired) electrons. The molecule has 6 nitrogen and oxygen atoms in total. The van der Waals surface area contributed by atoms with Crippen molar-refractivity contribution in [2.45, 2.75) is 19.9 Å². The highest BCUT2D eigenvalue weighted by Crippen LogP contribution is 2.26. The van der Waals surface area contributed by atoms with Crippen LogP contribution >= 0.6 is 0 Å². The fourth-order valence-electron chi connectivity index (χ4n) is 3.60. The normalized spacial score (nSPS) is 14.4. The Balaban J connectivity index is 1.39. The third-order valence-electron chi connectivity index (χ3n) is 5.34. The van der Waals surface area contributed by atoms with Crippen molar-refractivity contribution in [2.24, 2.45) is 4.99 Å². The Hall–Kier alpha value is -4.19. The summed E-state index contributed by atoms with van der Waals surface area (Å²) in [5, 5.41) is 2.93. The van der Waals surface area contributed by atoms with Gasteiger partial charge in [-0.3, -0.25) is 14.5 Å². The van der Waals surface area contributed by atoms with Crippen LogP contribution in [0.15, 0.2) is 89.6 Å². The van der Waals surface area contributed by atoms with Crippen molar-refractivity contribution in [1.82, 2.24) is 5.32 Å². The smallest absolute Gasteiger partial charge is 0.282 e. The van der Waals surface area contributed by atoms with E-state index in [0.717, 1.165) is 22.4 Å². The van der Waals surface area contributed by atoms with Crippen LogP contribution in [0.5, 0.6) is 5.75 Å². The van der Waals surface area contributed by atoms with Gasteiger partial charge in [0.15, 0.2) is 0 Å². The molecule has 6 heteroatoms. The van der Waals surface area contributed by atoms with E-state index >= 15 is 0 Å². The SMILES string of the molecule is COc1ccc(/C=C2\N=C(C)N(c3ccc(CC(=O)NCc4ccccc4)cc3)C2=O)cc1. The van der Waals surface area contributed by atoms with Gasteiger partial charge in [0, 0.05) is 6.54 Å². The molecule has 0 aliphatic carbocycles. The van der Waals surface area contributed by atoms with Crippen molar-refractivity contribution in [1.29, 1.82) is 0 Å². The molecule has 2 amide bonds. The molecule has 1 aliphatic rings. The number of methoxy groups -OCH3 is 1. The highest BCUT2D eigenvalue weighted by molar-refractivity contribution is 6.28. The molecule has 166 valence electrons. The van der Waals surface area contributed by atoms with E-state index in [2.05, 4.69) is 10.3 Å². The van der Waals surface area contributed by atoms with Crippen LogP contribution in [-0.2, 0) is 22.6 Å². The van der Waals surface area contributed by atoms with E-state index in [0.29, 0.717) is 23.8 Å². The number of benzene rings is 3. The summed E-state index contributed by atoms with van der Waals surface area (Å²) in [6.45, 7) is 2.30. The highest BCUT2D eigenvalue weighted by Gasteiger charge is 2.28. The fourth-order valence-corrected chi connectivity index (χ4v) is 3.60. The zero-order valence-corrected chi connectivity index (χ0v) is 18.6. The number of aliphatic imine (C=N–C) groups is 1. The number of ether oxygens (including phenoxy) is 1. The van der Waals surface area contributed by atoms with E-state index in [1.54, 1.807) is 25.0 Å². The van der Waals surface area contributed by atoms with Crippen LogP contribution < -0.4 is 15.0 Å². The molecule has 3 aromatic rings. The molecule has 0 spiro atoms. The number of anilines is 1. The minimum absolute atomic E-state index is 0.0497. The largest absolute Gasteiger partial charge is 0.497 e. The Kier molecular flexibility index (Phi) is 6.64.